The molecule has 0 amide bonds. The lowest BCUT2D eigenvalue weighted by molar-refractivity contribution is -0.239. The zero-order valence-corrected chi connectivity index (χ0v) is 9.95. The molecule has 0 bridgehead atoms. The van der Waals surface area contributed by atoms with Crippen LogP contribution >= 0.6 is 0 Å². The molecule has 2 aliphatic carbocycles. The predicted octanol–water partition coefficient (Wildman–Crippen LogP) is 2.46. The summed E-state index contributed by atoms with van der Waals surface area (Å²) in [5.41, 5.74) is 0.448. The van der Waals surface area contributed by atoms with Crippen molar-refractivity contribution in [2.75, 3.05) is 0 Å². The Morgan fingerprint density at radius 3 is 2.67 bits per heavy atom. The van der Waals surface area contributed by atoms with E-state index in [0.29, 0.717) is 11.8 Å². The van der Waals surface area contributed by atoms with Gasteiger partial charge >= 0.3 is 0 Å². The molecule has 1 saturated carbocycles. The quantitative estimate of drug-likeness (QED) is 0.476. The summed E-state index contributed by atoms with van der Waals surface area (Å²) in [6.45, 7) is 6.05. The van der Waals surface area contributed by atoms with Gasteiger partial charge in [-0.3, -0.25) is 0 Å². The fourth-order valence-corrected chi connectivity index (χ4v) is 3.05. The summed E-state index contributed by atoms with van der Waals surface area (Å²) in [6.07, 6.45) is 6.47. The lowest BCUT2D eigenvalue weighted by atomic mass is 9.58. The molecule has 2 unspecified atom stereocenters. The fourth-order valence-electron chi connectivity index (χ4n) is 3.05. The van der Waals surface area contributed by atoms with Crippen molar-refractivity contribution < 1.29 is 10.2 Å². The molecule has 2 aliphatic rings. The molecule has 2 nitrogen and oxygen atoms in total. The van der Waals surface area contributed by atoms with Gasteiger partial charge in [0.1, 0.15) is 0 Å². The van der Waals surface area contributed by atoms with E-state index in [9.17, 15) is 10.2 Å². The van der Waals surface area contributed by atoms with Gasteiger partial charge < -0.3 is 10.2 Å². The van der Waals surface area contributed by atoms with Crippen LogP contribution in [-0.2, 0) is 0 Å². The largest absolute Gasteiger partial charge is 0.362 e. The Labute approximate surface area is 92.0 Å². The van der Waals surface area contributed by atoms with Crippen LogP contribution < -0.4 is 0 Å². The molecular weight excluding hydrogens is 188 g/mol. The summed E-state index contributed by atoms with van der Waals surface area (Å²) < 4.78 is 0. The van der Waals surface area contributed by atoms with Crippen molar-refractivity contribution in [3.63, 3.8) is 0 Å². The standard InChI is InChI=1S/C13H22O2/c1-9-8-10-6-4-5-7-11(10)13(14,15)12(9,2)3/h7,9-10,14-15H,4-6,8H2,1-3H3. The highest BCUT2D eigenvalue weighted by atomic mass is 16.5. The van der Waals surface area contributed by atoms with Crippen LogP contribution in [0.1, 0.15) is 46.5 Å². The molecule has 2 rings (SSSR count). The fraction of sp³-hybridized carbons (Fsp3) is 0.846. The first kappa shape index (κ1) is 11.2. The Morgan fingerprint density at radius 2 is 2.00 bits per heavy atom. The number of fused-ring (bicyclic) bond motifs is 1. The second kappa shape index (κ2) is 3.33. The van der Waals surface area contributed by atoms with E-state index in [4.69, 9.17) is 0 Å². The first-order valence-electron chi connectivity index (χ1n) is 6.02. The van der Waals surface area contributed by atoms with Crippen molar-refractivity contribution in [2.24, 2.45) is 17.3 Å². The van der Waals surface area contributed by atoms with E-state index in [1.54, 1.807) is 0 Å². The smallest absolute Gasteiger partial charge is 0.191 e. The van der Waals surface area contributed by atoms with E-state index in [2.05, 4.69) is 13.0 Å². The molecule has 2 N–H and O–H groups in total. The van der Waals surface area contributed by atoms with Gasteiger partial charge in [-0.2, -0.15) is 0 Å². The Bertz CT molecular complexity index is 289. The number of hydrogen-bond acceptors (Lipinski definition) is 2. The molecule has 0 aromatic carbocycles. The molecule has 0 radical (unpaired) electrons. The van der Waals surface area contributed by atoms with E-state index < -0.39 is 11.2 Å². The lowest BCUT2D eigenvalue weighted by Gasteiger charge is -2.52. The van der Waals surface area contributed by atoms with Gasteiger partial charge in [-0.1, -0.05) is 26.8 Å². The molecule has 1 fully saturated rings. The number of rotatable bonds is 0. The molecule has 0 spiro atoms. The second-order valence-electron chi connectivity index (χ2n) is 5.82. The monoisotopic (exact) mass is 210 g/mol. The Kier molecular flexibility index (Phi) is 2.47. The van der Waals surface area contributed by atoms with E-state index in [0.717, 1.165) is 24.8 Å². The van der Waals surface area contributed by atoms with Crippen LogP contribution in [0.4, 0.5) is 0 Å². The van der Waals surface area contributed by atoms with Crippen molar-refractivity contribution in [1.82, 2.24) is 0 Å². The maximum Gasteiger partial charge on any atom is 0.191 e. The van der Waals surface area contributed by atoms with Crippen LogP contribution in [0.3, 0.4) is 0 Å². The molecule has 2 atom stereocenters. The predicted molar refractivity (Wildman–Crippen MR) is 60.2 cm³/mol. The molecule has 86 valence electrons. The highest BCUT2D eigenvalue weighted by Crippen LogP contribution is 2.53. The van der Waals surface area contributed by atoms with Crippen molar-refractivity contribution in [1.29, 1.82) is 0 Å². The van der Waals surface area contributed by atoms with Crippen LogP contribution in [0.15, 0.2) is 11.6 Å². The summed E-state index contributed by atoms with van der Waals surface area (Å²) >= 11 is 0. The Balaban J connectivity index is 2.41. The average molecular weight is 210 g/mol. The SMILES string of the molecule is CC1CC2CCCC=C2C(O)(O)C1(C)C. The first-order valence-corrected chi connectivity index (χ1v) is 6.02. The van der Waals surface area contributed by atoms with Gasteiger partial charge in [0.25, 0.3) is 0 Å². The van der Waals surface area contributed by atoms with Crippen molar-refractivity contribution in [3.05, 3.63) is 11.6 Å². The third-order valence-electron chi connectivity index (χ3n) is 4.73. The van der Waals surface area contributed by atoms with Gasteiger partial charge in [-0.25, -0.2) is 0 Å². The van der Waals surface area contributed by atoms with Crippen LogP contribution in [-0.4, -0.2) is 16.0 Å². The van der Waals surface area contributed by atoms with Gasteiger partial charge in [0.15, 0.2) is 5.79 Å². The highest BCUT2D eigenvalue weighted by Gasteiger charge is 2.54. The third kappa shape index (κ3) is 1.46. The molecule has 15 heavy (non-hydrogen) atoms. The molecule has 0 heterocycles. The number of aliphatic hydroxyl groups is 2. The Hall–Kier alpha value is -0.340. The van der Waals surface area contributed by atoms with E-state index in [1.807, 2.05) is 13.8 Å². The van der Waals surface area contributed by atoms with Crippen LogP contribution in [0.2, 0.25) is 0 Å². The summed E-state index contributed by atoms with van der Waals surface area (Å²) in [5, 5.41) is 20.7. The average Bonchev–Trinajstić information content (AvgIpc) is 2.16. The molecule has 0 saturated heterocycles. The highest BCUT2D eigenvalue weighted by molar-refractivity contribution is 5.25. The zero-order chi connectivity index (χ0) is 11.3. The molecular formula is C13H22O2. The summed E-state index contributed by atoms with van der Waals surface area (Å²) in [6, 6.07) is 0. The van der Waals surface area contributed by atoms with Gasteiger partial charge in [-0.15, -0.1) is 0 Å². The topological polar surface area (TPSA) is 40.5 Å². The van der Waals surface area contributed by atoms with Gasteiger partial charge in [-0.05, 0) is 43.1 Å². The van der Waals surface area contributed by atoms with Crippen molar-refractivity contribution in [3.8, 4) is 0 Å². The van der Waals surface area contributed by atoms with Crippen molar-refractivity contribution in [2.45, 2.75) is 52.2 Å². The number of hydrogen-bond donors (Lipinski definition) is 2. The summed E-state index contributed by atoms with van der Waals surface area (Å²) in [5.74, 6) is -0.847. The first-order chi connectivity index (χ1) is 6.87. The van der Waals surface area contributed by atoms with Crippen LogP contribution in [0, 0.1) is 17.3 Å². The van der Waals surface area contributed by atoms with Gasteiger partial charge in [0.2, 0.25) is 0 Å². The summed E-state index contributed by atoms with van der Waals surface area (Å²) in [7, 11) is 0. The number of allylic oxidation sites excluding steroid dienone is 1. The minimum atomic E-state index is -1.60. The molecule has 2 heteroatoms. The lowest BCUT2D eigenvalue weighted by Crippen LogP contribution is -2.55. The van der Waals surface area contributed by atoms with Crippen LogP contribution in [0.25, 0.3) is 0 Å². The van der Waals surface area contributed by atoms with Crippen molar-refractivity contribution >= 4 is 0 Å². The van der Waals surface area contributed by atoms with Crippen LogP contribution in [0.5, 0.6) is 0 Å². The molecule has 0 aromatic heterocycles. The Morgan fingerprint density at radius 1 is 1.33 bits per heavy atom. The molecule has 0 aromatic rings. The minimum Gasteiger partial charge on any atom is -0.362 e. The summed E-state index contributed by atoms with van der Waals surface area (Å²) in [4.78, 5) is 0. The third-order valence-corrected chi connectivity index (χ3v) is 4.73. The van der Waals surface area contributed by atoms with E-state index >= 15 is 0 Å². The molecule has 0 aliphatic heterocycles. The second-order valence-corrected chi connectivity index (χ2v) is 5.82. The van der Waals surface area contributed by atoms with E-state index in [1.165, 1.54) is 6.42 Å². The maximum absolute atomic E-state index is 10.4. The maximum atomic E-state index is 10.4. The normalized spacial score (nSPS) is 38.1. The van der Waals surface area contributed by atoms with Gasteiger partial charge in [0.05, 0.1) is 0 Å². The van der Waals surface area contributed by atoms with E-state index in [-0.39, 0.29) is 0 Å². The van der Waals surface area contributed by atoms with Gasteiger partial charge in [0, 0.05) is 5.41 Å². The zero-order valence-electron chi connectivity index (χ0n) is 9.95. The minimum absolute atomic E-state index is 0.354.